The molecular weight excluding hydrogens is 302 g/mol. The van der Waals surface area contributed by atoms with Crippen LogP contribution in [0.15, 0.2) is 65.7 Å². The molecule has 0 bridgehead atoms. The second-order valence-corrected chi connectivity index (χ2v) is 6.24. The third-order valence-corrected chi connectivity index (χ3v) is 4.23. The number of nitrogens with zero attached hydrogens (tertiary/aromatic N) is 3. The van der Waals surface area contributed by atoms with E-state index in [4.69, 9.17) is 4.28 Å². The molecule has 7 heteroatoms. The highest BCUT2D eigenvalue weighted by atomic mass is 32.2. The van der Waals surface area contributed by atoms with Gasteiger partial charge in [0, 0.05) is 5.56 Å². The topological polar surface area (TPSA) is 74.1 Å². The standard InChI is InChI=1S/C15H13N3O3S/c1-12-7-9-14(10-8-12)22(19,20)21-18-11-15(16-17-18)13-5-3-2-4-6-13/h2-11H,1H3. The van der Waals surface area contributed by atoms with Crippen LogP contribution in [0.1, 0.15) is 5.56 Å². The first kappa shape index (κ1) is 14.3. The number of aryl methyl sites for hydroxylation is 1. The zero-order valence-electron chi connectivity index (χ0n) is 11.7. The van der Waals surface area contributed by atoms with E-state index in [1.807, 2.05) is 37.3 Å². The van der Waals surface area contributed by atoms with Gasteiger partial charge in [0.05, 0.1) is 6.20 Å². The Balaban J connectivity index is 1.84. The maximum Gasteiger partial charge on any atom is 0.358 e. The van der Waals surface area contributed by atoms with Crippen LogP contribution in [0.5, 0.6) is 0 Å². The molecule has 0 atom stereocenters. The molecule has 0 saturated carbocycles. The van der Waals surface area contributed by atoms with Gasteiger partial charge < -0.3 is 0 Å². The van der Waals surface area contributed by atoms with Crippen molar-refractivity contribution in [3.05, 3.63) is 66.4 Å². The molecule has 0 saturated heterocycles. The average molecular weight is 315 g/mol. The minimum absolute atomic E-state index is 0.0647. The number of hydrogen-bond donors (Lipinski definition) is 0. The molecule has 0 fully saturated rings. The lowest BCUT2D eigenvalue weighted by Crippen LogP contribution is -2.20. The van der Waals surface area contributed by atoms with Crippen LogP contribution in [0.2, 0.25) is 0 Å². The molecule has 0 amide bonds. The summed E-state index contributed by atoms with van der Waals surface area (Å²) in [5.74, 6) is 0. The predicted molar refractivity (Wildman–Crippen MR) is 80.4 cm³/mol. The van der Waals surface area contributed by atoms with Gasteiger partial charge in [0.2, 0.25) is 0 Å². The highest BCUT2D eigenvalue weighted by Gasteiger charge is 2.18. The van der Waals surface area contributed by atoms with E-state index in [0.717, 1.165) is 16.0 Å². The molecule has 0 N–H and O–H groups in total. The van der Waals surface area contributed by atoms with Crippen molar-refractivity contribution in [1.82, 2.24) is 15.2 Å². The molecule has 0 unspecified atom stereocenters. The minimum atomic E-state index is -3.94. The van der Waals surface area contributed by atoms with Crippen LogP contribution in [0.3, 0.4) is 0 Å². The van der Waals surface area contributed by atoms with Gasteiger partial charge in [-0.05, 0) is 24.3 Å². The Morgan fingerprint density at radius 2 is 1.68 bits per heavy atom. The molecule has 1 aromatic heterocycles. The van der Waals surface area contributed by atoms with Crippen molar-refractivity contribution in [3.8, 4) is 11.3 Å². The zero-order chi connectivity index (χ0) is 15.6. The molecular formula is C15H13N3O3S. The second kappa shape index (κ2) is 5.61. The summed E-state index contributed by atoms with van der Waals surface area (Å²) in [7, 11) is -3.94. The number of hydrogen-bond acceptors (Lipinski definition) is 5. The number of aromatic nitrogens is 3. The fourth-order valence-electron chi connectivity index (χ4n) is 1.87. The van der Waals surface area contributed by atoms with Crippen molar-refractivity contribution in [1.29, 1.82) is 0 Å². The van der Waals surface area contributed by atoms with E-state index in [-0.39, 0.29) is 4.90 Å². The fraction of sp³-hybridized carbons (Fsp3) is 0.0667. The van der Waals surface area contributed by atoms with Crippen LogP contribution in [-0.2, 0) is 10.1 Å². The highest BCUT2D eigenvalue weighted by molar-refractivity contribution is 7.87. The van der Waals surface area contributed by atoms with Crippen molar-refractivity contribution in [2.24, 2.45) is 0 Å². The van der Waals surface area contributed by atoms with Gasteiger partial charge in [0.1, 0.15) is 10.6 Å². The first-order valence-electron chi connectivity index (χ1n) is 6.54. The lowest BCUT2D eigenvalue weighted by atomic mass is 10.2. The van der Waals surface area contributed by atoms with Gasteiger partial charge in [0.25, 0.3) is 0 Å². The summed E-state index contributed by atoms with van der Waals surface area (Å²) in [6, 6.07) is 15.7. The summed E-state index contributed by atoms with van der Waals surface area (Å²) in [6.45, 7) is 1.88. The first-order valence-corrected chi connectivity index (χ1v) is 7.95. The van der Waals surface area contributed by atoms with Crippen molar-refractivity contribution >= 4 is 10.1 Å². The van der Waals surface area contributed by atoms with Crippen LogP contribution < -0.4 is 4.28 Å². The van der Waals surface area contributed by atoms with Crippen LogP contribution >= 0.6 is 0 Å². The Labute approximate surface area is 128 Å². The smallest absolute Gasteiger partial charge is 0.264 e. The van der Waals surface area contributed by atoms with Crippen molar-refractivity contribution in [3.63, 3.8) is 0 Å². The van der Waals surface area contributed by atoms with Crippen LogP contribution in [0, 0.1) is 6.92 Å². The van der Waals surface area contributed by atoms with E-state index in [1.54, 1.807) is 12.1 Å². The number of benzene rings is 2. The maximum absolute atomic E-state index is 12.1. The van der Waals surface area contributed by atoms with Crippen LogP contribution in [0.25, 0.3) is 11.3 Å². The lowest BCUT2D eigenvalue weighted by molar-refractivity contribution is 0.233. The second-order valence-electron chi connectivity index (χ2n) is 4.71. The quantitative estimate of drug-likeness (QED) is 0.737. The molecule has 3 aromatic rings. The molecule has 112 valence electrons. The molecule has 3 rings (SSSR count). The molecule has 1 heterocycles. The van der Waals surface area contributed by atoms with E-state index >= 15 is 0 Å². The fourth-order valence-corrected chi connectivity index (χ4v) is 2.70. The van der Waals surface area contributed by atoms with Gasteiger partial charge in [-0.25, -0.2) is 0 Å². The highest BCUT2D eigenvalue weighted by Crippen LogP contribution is 2.16. The minimum Gasteiger partial charge on any atom is -0.264 e. The Morgan fingerprint density at radius 3 is 2.36 bits per heavy atom. The molecule has 2 aromatic carbocycles. The van der Waals surface area contributed by atoms with E-state index in [9.17, 15) is 8.42 Å². The van der Waals surface area contributed by atoms with Gasteiger partial charge in [-0.1, -0.05) is 52.9 Å². The summed E-state index contributed by atoms with van der Waals surface area (Å²) in [5, 5.41) is 7.59. The molecule has 0 aliphatic carbocycles. The van der Waals surface area contributed by atoms with E-state index < -0.39 is 10.1 Å². The summed E-state index contributed by atoms with van der Waals surface area (Å²) in [6.07, 6.45) is 1.42. The lowest BCUT2D eigenvalue weighted by Gasteiger charge is -2.04. The molecule has 0 aliphatic rings. The van der Waals surface area contributed by atoms with Crippen LogP contribution in [0.4, 0.5) is 0 Å². The molecule has 0 spiro atoms. The van der Waals surface area contributed by atoms with Crippen molar-refractivity contribution in [2.45, 2.75) is 11.8 Å². The maximum atomic E-state index is 12.1. The summed E-state index contributed by atoms with van der Waals surface area (Å²) >= 11 is 0. The monoisotopic (exact) mass is 315 g/mol. The third-order valence-electron chi connectivity index (χ3n) is 3.03. The molecule has 22 heavy (non-hydrogen) atoms. The SMILES string of the molecule is Cc1ccc(S(=O)(=O)On2cc(-c3ccccc3)nn2)cc1. The Bertz CT molecular complexity index is 872. The first-order chi connectivity index (χ1) is 10.5. The zero-order valence-corrected chi connectivity index (χ0v) is 12.6. The van der Waals surface area contributed by atoms with E-state index in [1.165, 1.54) is 18.3 Å². The van der Waals surface area contributed by atoms with Crippen molar-refractivity contribution in [2.75, 3.05) is 0 Å². The summed E-state index contributed by atoms with van der Waals surface area (Å²) in [5.41, 5.74) is 2.32. The Hall–Kier alpha value is -2.67. The largest absolute Gasteiger partial charge is 0.358 e. The normalized spacial score (nSPS) is 11.3. The average Bonchev–Trinajstić information content (AvgIpc) is 2.96. The Kier molecular flexibility index (Phi) is 3.64. The van der Waals surface area contributed by atoms with E-state index in [0.29, 0.717) is 5.69 Å². The van der Waals surface area contributed by atoms with Gasteiger partial charge in [-0.3, -0.25) is 4.28 Å². The molecule has 0 aliphatic heterocycles. The summed E-state index contributed by atoms with van der Waals surface area (Å²) < 4.78 is 29.2. The van der Waals surface area contributed by atoms with Gasteiger partial charge in [-0.2, -0.15) is 8.42 Å². The van der Waals surface area contributed by atoms with E-state index in [2.05, 4.69) is 10.3 Å². The van der Waals surface area contributed by atoms with Crippen LogP contribution in [-0.4, -0.2) is 23.6 Å². The Morgan fingerprint density at radius 1 is 1.00 bits per heavy atom. The van der Waals surface area contributed by atoms with Crippen molar-refractivity contribution < 1.29 is 12.7 Å². The molecule has 0 radical (unpaired) electrons. The summed E-state index contributed by atoms with van der Waals surface area (Å²) in [4.78, 5) is 0.909. The van der Waals surface area contributed by atoms with Gasteiger partial charge in [-0.15, -0.1) is 5.10 Å². The van der Waals surface area contributed by atoms with Gasteiger partial charge in [0.15, 0.2) is 0 Å². The van der Waals surface area contributed by atoms with Gasteiger partial charge >= 0.3 is 10.1 Å². The molecule has 6 nitrogen and oxygen atoms in total. The predicted octanol–water partition coefficient (Wildman–Crippen LogP) is 2.07. The third kappa shape index (κ3) is 2.99. The number of rotatable bonds is 4.